The van der Waals surface area contributed by atoms with E-state index in [0.717, 1.165) is 51.9 Å². The summed E-state index contributed by atoms with van der Waals surface area (Å²) in [6, 6.07) is 26.2. The van der Waals surface area contributed by atoms with Crippen LogP contribution in [0.4, 0.5) is 38.9 Å². The minimum atomic E-state index is -0.565. The van der Waals surface area contributed by atoms with Gasteiger partial charge in [0.25, 0.3) is 11.8 Å². The molecule has 0 spiro atoms. The van der Waals surface area contributed by atoms with Crippen molar-refractivity contribution in [3.8, 4) is 0 Å². The van der Waals surface area contributed by atoms with E-state index in [1.54, 1.807) is 97.1 Å². The van der Waals surface area contributed by atoms with Crippen molar-refractivity contribution in [2.45, 2.75) is 25.7 Å². The lowest BCUT2D eigenvalue weighted by atomic mass is 10.1. The maximum absolute atomic E-state index is 13.1. The van der Waals surface area contributed by atoms with Gasteiger partial charge in [-0.3, -0.25) is 29.0 Å². The molecule has 13 heteroatoms. The molecule has 0 aliphatic carbocycles. The highest BCUT2D eigenvalue weighted by molar-refractivity contribution is 6.08. The average molecular weight is 703 g/mol. The van der Waals surface area contributed by atoms with Gasteiger partial charge in [0.15, 0.2) is 0 Å². The highest BCUT2D eigenvalue weighted by atomic mass is 16.2. The highest BCUT2D eigenvalue weighted by Gasteiger charge is 2.17. The number of amides is 6. The summed E-state index contributed by atoms with van der Waals surface area (Å²) in [7, 11) is 0. The Balaban J connectivity index is 0.995. The van der Waals surface area contributed by atoms with Gasteiger partial charge >= 0.3 is 6.03 Å². The van der Waals surface area contributed by atoms with Crippen molar-refractivity contribution in [2.24, 2.45) is 0 Å². The smallest absolute Gasteiger partial charge is 0.323 e. The van der Waals surface area contributed by atoms with Crippen molar-refractivity contribution in [1.29, 1.82) is 0 Å². The van der Waals surface area contributed by atoms with E-state index in [0.29, 0.717) is 58.3 Å². The third kappa shape index (κ3) is 10.5. The summed E-state index contributed by atoms with van der Waals surface area (Å²) in [5.74, 6) is -0.986. The van der Waals surface area contributed by atoms with Crippen LogP contribution in [0.3, 0.4) is 0 Å². The summed E-state index contributed by atoms with van der Waals surface area (Å²) in [6.07, 6.45) is 4.41. The van der Waals surface area contributed by atoms with Gasteiger partial charge < -0.3 is 31.9 Å². The molecule has 2 aliphatic rings. The van der Waals surface area contributed by atoms with Gasteiger partial charge in [-0.15, -0.1) is 0 Å². The van der Waals surface area contributed by atoms with Crippen LogP contribution in [-0.4, -0.2) is 78.7 Å². The average Bonchev–Trinajstić information content (AvgIpc) is 3.83. The van der Waals surface area contributed by atoms with Crippen LogP contribution in [0.5, 0.6) is 0 Å². The Labute approximate surface area is 302 Å². The monoisotopic (exact) mass is 702 g/mol. The summed E-state index contributed by atoms with van der Waals surface area (Å²) in [5.41, 5.74) is 3.58. The Hall–Kier alpha value is -6.05. The molecular formula is C39H42N8O5. The fourth-order valence-electron chi connectivity index (χ4n) is 6.21. The van der Waals surface area contributed by atoms with Crippen molar-refractivity contribution in [3.05, 3.63) is 108 Å². The maximum Gasteiger partial charge on any atom is 0.323 e. The second-order valence-corrected chi connectivity index (χ2v) is 12.9. The molecule has 2 heterocycles. The normalized spacial score (nSPS) is 14.3. The summed E-state index contributed by atoms with van der Waals surface area (Å²) in [4.78, 5) is 68.2. The summed E-state index contributed by atoms with van der Waals surface area (Å²) in [6.45, 7) is 4.36. The topological polar surface area (TPSA) is 164 Å². The van der Waals surface area contributed by atoms with E-state index in [1.165, 1.54) is 0 Å². The number of nitrogens with one attached hydrogen (secondary N) is 6. The third-order valence-electron chi connectivity index (χ3n) is 8.71. The van der Waals surface area contributed by atoms with E-state index in [9.17, 15) is 24.0 Å². The Kier molecular flexibility index (Phi) is 11.9. The van der Waals surface area contributed by atoms with Gasteiger partial charge in [0.1, 0.15) is 0 Å². The van der Waals surface area contributed by atoms with Crippen molar-refractivity contribution in [2.75, 3.05) is 71.2 Å². The molecule has 2 fully saturated rings. The third-order valence-corrected chi connectivity index (χ3v) is 8.71. The molecule has 0 unspecified atom stereocenters. The van der Waals surface area contributed by atoms with Gasteiger partial charge in [-0.1, -0.05) is 24.3 Å². The van der Waals surface area contributed by atoms with E-state index in [4.69, 9.17) is 0 Å². The molecule has 0 atom stereocenters. The molecule has 13 nitrogen and oxygen atoms in total. The first kappa shape index (κ1) is 35.8. The molecule has 6 amide bonds. The zero-order chi connectivity index (χ0) is 36.3. The first-order valence-corrected chi connectivity index (χ1v) is 17.4. The standard InChI is InChI=1S/C39H42N8O5/c48-35(25-46-17-1-2-18-46)40-31-13-7-15-33(23-31)42-37(50)27-9-5-11-29(21-27)44-39(52)45-30-12-6-10-28(22-30)38(51)43-34-16-8-14-32(24-34)41-36(49)26-47-19-3-4-20-47/h5-16,21-24H,1-4,17-20,25-26H2,(H,40,48)(H,41,49)(H,42,50)(H,43,51)(H2,44,45,52). The quantitative estimate of drug-likeness (QED) is 0.107. The number of anilines is 6. The second kappa shape index (κ2) is 17.2. The molecule has 6 N–H and O–H groups in total. The van der Waals surface area contributed by atoms with Crippen LogP contribution >= 0.6 is 0 Å². The molecule has 268 valence electrons. The minimum absolute atomic E-state index is 0.102. The predicted molar refractivity (Wildman–Crippen MR) is 203 cm³/mol. The SMILES string of the molecule is O=C(CN1CCCC1)Nc1cccc(NC(=O)c2cccc(NC(=O)Nc3cccc(C(=O)Nc4cccc(NC(=O)CN5CCCC5)c4)c3)c2)c1. The Bertz CT molecular complexity index is 1800. The first-order chi connectivity index (χ1) is 25.3. The second-order valence-electron chi connectivity index (χ2n) is 12.9. The van der Waals surface area contributed by atoms with Gasteiger partial charge in [0, 0.05) is 45.3 Å². The first-order valence-electron chi connectivity index (χ1n) is 17.4. The molecule has 2 saturated heterocycles. The van der Waals surface area contributed by atoms with E-state index in [1.807, 2.05) is 0 Å². The number of urea groups is 1. The van der Waals surface area contributed by atoms with E-state index in [2.05, 4.69) is 41.7 Å². The van der Waals surface area contributed by atoms with Gasteiger partial charge in [0.2, 0.25) is 11.8 Å². The zero-order valence-electron chi connectivity index (χ0n) is 28.7. The fraction of sp³-hybridized carbons (Fsp3) is 0.256. The van der Waals surface area contributed by atoms with Gasteiger partial charge in [0.05, 0.1) is 13.1 Å². The predicted octanol–water partition coefficient (Wildman–Crippen LogP) is 5.90. The molecule has 4 aromatic carbocycles. The molecule has 0 radical (unpaired) electrons. The van der Waals surface area contributed by atoms with E-state index in [-0.39, 0.29) is 11.8 Å². The Morgan fingerprint density at radius 1 is 0.423 bits per heavy atom. The lowest BCUT2D eigenvalue weighted by molar-refractivity contribution is -0.117. The highest BCUT2D eigenvalue weighted by Crippen LogP contribution is 2.20. The Morgan fingerprint density at radius 3 is 1.13 bits per heavy atom. The van der Waals surface area contributed by atoms with Crippen molar-refractivity contribution >= 4 is 63.8 Å². The van der Waals surface area contributed by atoms with Crippen LogP contribution in [0, 0.1) is 0 Å². The number of rotatable bonds is 12. The van der Waals surface area contributed by atoms with Gasteiger partial charge in [-0.2, -0.15) is 0 Å². The van der Waals surface area contributed by atoms with Gasteiger partial charge in [-0.05, 0) is 125 Å². The van der Waals surface area contributed by atoms with Crippen molar-refractivity contribution < 1.29 is 24.0 Å². The molecule has 0 aromatic heterocycles. The number of carbonyl (C=O) groups is 5. The number of hydrogen-bond donors (Lipinski definition) is 6. The van der Waals surface area contributed by atoms with Crippen LogP contribution < -0.4 is 31.9 Å². The number of carbonyl (C=O) groups excluding carboxylic acids is 5. The number of likely N-dealkylation sites (tertiary alicyclic amines) is 2. The number of nitrogens with zero attached hydrogens (tertiary/aromatic N) is 2. The van der Waals surface area contributed by atoms with Crippen molar-refractivity contribution in [3.63, 3.8) is 0 Å². The molecule has 0 bridgehead atoms. The fourth-order valence-corrected chi connectivity index (χ4v) is 6.21. The van der Waals surface area contributed by atoms with Crippen molar-refractivity contribution in [1.82, 2.24) is 9.80 Å². The summed E-state index contributed by atoms with van der Waals surface area (Å²) < 4.78 is 0. The minimum Gasteiger partial charge on any atom is -0.325 e. The summed E-state index contributed by atoms with van der Waals surface area (Å²) >= 11 is 0. The largest absolute Gasteiger partial charge is 0.325 e. The zero-order valence-corrected chi connectivity index (χ0v) is 28.7. The van der Waals surface area contributed by atoms with Gasteiger partial charge in [-0.25, -0.2) is 4.79 Å². The van der Waals surface area contributed by atoms with Crippen LogP contribution in [0.15, 0.2) is 97.1 Å². The molecule has 4 aromatic rings. The summed E-state index contributed by atoms with van der Waals surface area (Å²) in [5, 5.41) is 16.9. The maximum atomic E-state index is 13.1. The molecule has 52 heavy (non-hydrogen) atoms. The van der Waals surface area contributed by atoms with Crippen LogP contribution in [0.1, 0.15) is 46.4 Å². The van der Waals surface area contributed by atoms with E-state index >= 15 is 0 Å². The molecular weight excluding hydrogens is 660 g/mol. The van der Waals surface area contributed by atoms with Crippen LogP contribution in [0.2, 0.25) is 0 Å². The lowest BCUT2D eigenvalue weighted by Gasteiger charge is -2.14. The van der Waals surface area contributed by atoms with Crippen LogP contribution in [0.25, 0.3) is 0 Å². The molecule has 2 aliphatic heterocycles. The Morgan fingerprint density at radius 2 is 0.750 bits per heavy atom. The molecule has 6 rings (SSSR count). The number of benzene rings is 4. The number of hydrogen-bond acceptors (Lipinski definition) is 7. The van der Waals surface area contributed by atoms with E-state index < -0.39 is 17.8 Å². The molecule has 0 saturated carbocycles. The van der Waals surface area contributed by atoms with Crippen LogP contribution in [-0.2, 0) is 9.59 Å². The lowest BCUT2D eigenvalue weighted by Crippen LogP contribution is -2.30.